The van der Waals surface area contributed by atoms with Crippen LogP contribution in [-0.4, -0.2) is 33.0 Å². The van der Waals surface area contributed by atoms with Crippen molar-refractivity contribution in [1.82, 2.24) is 4.72 Å². The first-order chi connectivity index (χ1) is 7.51. The minimum atomic E-state index is -5.55. The fraction of sp³-hybridized carbons (Fsp3) is 0.875. The van der Waals surface area contributed by atoms with Gasteiger partial charge in [-0.3, -0.25) is 4.79 Å². The lowest BCUT2D eigenvalue weighted by molar-refractivity contribution is -0.143. The zero-order chi connectivity index (χ0) is 13.9. The summed E-state index contributed by atoms with van der Waals surface area (Å²) in [6, 6.07) is -1.54. The molecule has 0 aliphatic heterocycles. The summed E-state index contributed by atoms with van der Waals surface area (Å²) in [7, 11) is -4.58. The molecule has 0 aromatic carbocycles. The first-order valence-electron chi connectivity index (χ1n) is 4.67. The first kappa shape index (κ1) is 16.2. The topological polar surface area (TPSA) is 72.5 Å². The number of carbonyl (C=O) groups excluding carboxylic acids is 1. The minimum Gasteiger partial charge on any atom is -0.468 e. The smallest absolute Gasteiger partial charge is 0.468 e. The molecule has 1 unspecified atom stereocenters. The number of esters is 1. The maximum absolute atomic E-state index is 12.1. The molecule has 102 valence electrons. The van der Waals surface area contributed by atoms with E-state index in [9.17, 15) is 26.4 Å². The highest BCUT2D eigenvalue weighted by Gasteiger charge is 2.47. The second-order valence-electron chi connectivity index (χ2n) is 3.77. The van der Waals surface area contributed by atoms with Crippen molar-refractivity contribution in [3.8, 4) is 0 Å². The Morgan fingerprint density at radius 3 is 2.12 bits per heavy atom. The largest absolute Gasteiger partial charge is 0.511 e. The van der Waals surface area contributed by atoms with Crippen molar-refractivity contribution < 1.29 is 31.1 Å². The molecule has 0 heterocycles. The summed E-state index contributed by atoms with van der Waals surface area (Å²) >= 11 is 0. The molecule has 0 aromatic rings. The van der Waals surface area contributed by atoms with Gasteiger partial charge in [-0.2, -0.15) is 17.9 Å². The van der Waals surface area contributed by atoms with Gasteiger partial charge in [0.1, 0.15) is 6.04 Å². The quantitative estimate of drug-likeness (QED) is 0.761. The van der Waals surface area contributed by atoms with Crippen LogP contribution < -0.4 is 4.72 Å². The lowest BCUT2D eigenvalue weighted by Crippen LogP contribution is -2.47. The molecule has 5 nitrogen and oxygen atoms in total. The monoisotopic (exact) mass is 277 g/mol. The molecule has 0 fully saturated rings. The number of methoxy groups -OCH3 is 1. The van der Waals surface area contributed by atoms with E-state index in [0.717, 1.165) is 7.11 Å². The number of nitrogens with one attached hydrogen (secondary N) is 1. The number of hydrogen-bond donors (Lipinski definition) is 1. The molecule has 0 saturated carbocycles. The maximum Gasteiger partial charge on any atom is 0.511 e. The van der Waals surface area contributed by atoms with Gasteiger partial charge in [0.2, 0.25) is 0 Å². The minimum absolute atomic E-state index is 0.0814. The van der Waals surface area contributed by atoms with E-state index >= 15 is 0 Å². The highest BCUT2D eigenvalue weighted by atomic mass is 32.2. The van der Waals surface area contributed by atoms with E-state index in [4.69, 9.17) is 0 Å². The Kier molecular flexibility index (Phi) is 5.40. The molecule has 0 rings (SSSR count). The number of halogens is 3. The van der Waals surface area contributed by atoms with Gasteiger partial charge in [0.15, 0.2) is 0 Å². The van der Waals surface area contributed by atoms with Crippen molar-refractivity contribution in [3.05, 3.63) is 0 Å². The Bertz CT molecular complexity index is 363. The summed E-state index contributed by atoms with van der Waals surface area (Å²) in [6.07, 6.45) is -0.0814. The summed E-state index contributed by atoms with van der Waals surface area (Å²) in [6.45, 7) is 3.27. The van der Waals surface area contributed by atoms with Crippen LogP contribution in [-0.2, 0) is 19.6 Å². The third-order valence-electron chi connectivity index (χ3n) is 1.79. The van der Waals surface area contributed by atoms with Gasteiger partial charge in [-0.05, 0) is 12.3 Å². The van der Waals surface area contributed by atoms with Gasteiger partial charge in [0.05, 0.1) is 7.11 Å². The van der Waals surface area contributed by atoms with Crippen molar-refractivity contribution in [2.75, 3.05) is 7.11 Å². The van der Waals surface area contributed by atoms with Crippen molar-refractivity contribution in [2.45, 2.75) is 31.8 Å². The predicted molar refractivity (Wildman–Crippen MR) is 53.4 cm³/mol. The summed E-state index contributed by atoms with van der Waals surface area (Å²) in [5.41, 5.74) is -5.45. The number of sulfonamides is 1. The standard InChI is InChI=1S/C8H14F3NO4S/c1-5(2)4-6(7(13)16-3)12-17(14,15)8(9,10)11/h5-6,12H,4H2,1-3H3. The summed E-state index contributed by atoms with van der Waals surface area (Å²) in [5, 5.41) is 0. The van der Waals surface area contributed by atoms with Crippen LogP contribution in [0.4, 0.5) is 13.2 Å². The van der Waals surface area contributed by atoms with Crippen LogP contribution in [0.5, 0.6) is 0 Å². The molecular formula is C8H14F3NO4S. The Labute approximate surface area is 97.4 Å². The van der Waals surface area contributed by atoms with Crippen LogP contribution in [0.25, 0.3) is 0 Å². The van der Waals surface area contributed by atoms with Crippen molar-refractivity contribution in [2.24, 2.45) is 5.92 Å². The molecule has 0 saturated heterocycles. The lowest BCUT2D eigenvalue weighted by atomic mass is 10.1. The van der Waals surface area contributed by atoms with Crippen LogP contribution in [0.3, 0.4) is 0 Å². The van der Waals surface area contributed by atoms with Gasteiger partial charge < -0.3 is 4.74 Å². The summed E-state index contributed by atoms with van der Waals surface area (Å²) in [5.74, 6) is -1.22. The molecule has 1 N–H and O–H groups in total. The van der Waals surface area contributed by atoms with Gasteiger partial charge in [0, 0.05) is 0 Å². The van der Waals surface area contributed by atoms with Crippen LogP contribution >= 0.6 is 0 Å². The normalized spacial score (nSPS) is 14.8. The highest BCUT2D eigenvalue weighted by Crippen LogP contribution is 2.23. The van der Waals surface area contributed by atoms with E-state index in [-0.39, 0.29) is 12.3 Å². The Morgan fingerprint density at radius 1 is 1.35 bits per heavy atom. The average molecular weight is 277 g/mol. The zero-order valence-corrected chi connectivity index (χ0v) is 10.4. The molecule has 0 spiro atoms. The second-order valence-corrected chi connectivity index (χ2v) is 5.48. The molecular weight excluding hydrogens is 263 g/mol. The van der Waals surface area contributed by atoms with E-state index in [1.165, 1.54) is 4.72 Å². The maximum atomic E-state index is 12.1. The summed E-state index contributed by atoms with van der Waals surface area (Å²) in [4.78, 5) is 11.1. The number of alkyl halides is 3. The molecule has 17 heavy (non-hydrogen) atoms. The number of carbonyl (C=O) groups is 1. The van der Waals surface area contributed by atoms with Crippen molar-refractivity contribution >= 4 is 16.0 Å². The number of ether oxygens (including phenoxy) is 1. The average Bonchev–Trinajstić information content (AvgIpc) is 2.12. The third-order valence-corrected chi connectivity index (χ3v) is 3.00. The Hall–Kier alpha value is -0.830. The van der Waals surface area contributed by atoms with E-state index in [1.54, 1.807) is 13.8 Å². The summed E-state index contributed by atoms with van der Waals surface area (Å²) < 4.78 is 63.5. The van der Waals surface area contributed by atoms with Gasteiger partial charge in [-0.1, -0.05) is 13.8 Å². The molecule has 9 heteroatoms. The predicted octanol–water partition coefficient (Wildman–Crippen LogP) is 1.01. The molecule has 0 amide bonds. The van der Waals surface area contributed by atoms with Gasteiger partial charge in [0.25, 0.3) is 0 Å². The van der Waals surface area contributed by atoms with E-state index in [1.807, 2.05) is 0 Å². The van der Waals surface area contributed by atoms with Crippen molar-refractivity contribution in [3.63, 3.8) is 0 Å². The molecule has 0 bridgehead atoms. The van der Waals surface area contributed by atoms with E-state index < -0.39 is 27.5 Å². The van der Waals surface area contributed by atoms with Gasteiger partial charge in [-0.15, -0.1) is 0 Å². The second kappa shape index (κ2) is 5.67. The Morgan fingerprint density at radius 2 is 1.82 bits per heavy atom. The zero-order valence-electron chi connectivity index (χ0n) is 9.54. The molecule has 0 aromatic heterocycles. The van der Waals surface area contributed by atoms with Gasteiger partial charge >= 0.3 is 21.5 Å². The third kappa shape index (κ3) is 4.90. The molecule has 1 atom stereocenters. The number of hydrogen-bond acceptors (Lipinski definition) is 4. The molecule has 0 aliphatic carbocycles. The molecule has 0 radical (unpaired) electrons. The fourth-order valence-corrected chi connectivity index (χ4v) is 1.76. The SMILES string of the molecule is COC(=O)C(CC(C)C)NS(=O)(=O)C(F)(F)F. The van der Waals surface area contributed by atoms with E-state index in [2.05, 4.69) is 4.74 Å². The fourth-order valence-electron chi connectivity index (χ4n) is 1.06. The van der Waals surface area contributed by atoms with Crippen LogP contribution in [0.1, 0.15) is 20.3 Å². The lowest BCUT2D eigenvalue weighted by Gasteiger charge is -2.19. The van der Waals surface area contributed by atoms with Crippen LogP contribution in [0.15, 0.2) is 0 Å². The van der Waals surface area contributed by atoms with E-state index in [0.29, 0.717) is 0 Å². The van der Waals surface area contributed by atoms with Crippen molar-refractivity contribution in [1.29, 1.82) is 0 Å². The Balaban J connectivity index is 4.94. The van der Waals surface area contributed by atoms with Gasteiger partial charge in [-0.25, -0.2) is 8.42 Å². The highest BCUT2D eigenvalue weighted by molar-refractivity contribution is 7.90. The molecule has 0 aliphatic rings. The number of rotatable bonds is 5. The van der Waals surface area contributed by atoms with Crippen LogP contribution in [0, 0.1) is 5.92 Å². The first-order valence-corrected chi connectivity index (χ1v) is 6.16. The van der Waals surface area contributed by atoms with Crippen LogP contribution in [0.2, 0.25) is 0 Å².